The first kappa shape index (κ1) is 19.2. The van der Waals surface area contributed by atoms with Crippen molar-refractivity contribution in [2.24, 2.45) is 0 Å². The van der Waals surface area contributed by atoms with E-state index >= 15 is 0 Å². The van der Waals surface area contributed by atoms with Crippen molar-refractivity contribution in [3.05, 3.63) is 82.1 Å². The van der Waals surface area contributed by atoms with E-state index < -0.39 is 14.9 Å². The zero-order valence-corrected chi connectivity index (χ0v) is 16.0. The van der Waals surface area contributed by atoms with Gasteiger partial charge in [-0.2, -0.15) is 0 Å². The van der Waals surface area contributed by atoms with Crippen molar-refractivity contribution in [2.45, 2.75) is 14.7 Å². The van der Waals surface area contributed by atoms with Gasteiger partial charge in [0, 0.05) is 21.9 Å². The Morgan fingerprint density at radius 1 is 1.04 bits per heavy atom. The number of benzene rings is 2. The topological polar surface area (TPSA) is 102 Å². The molecule has 0 radical (unpaired) electrons. The highest BCUT2D eigenvalue weighted by molar-refractivity contribution is 7.99. The van der Waals surface area contributed by atoms with Crippen molar-refractivity contribution < 1.29 is 13.3 Å². The quantitative estimate of drug-likeness (QED) is 0.354. The molecular formula is C17H12ClN3O4S2. The third-order valence-electron chi connectivity index (χ3n) is 3.38. The Kier molecular flexibility index (Phi) is 5.64. The average Bonchev–Trinajstić information content (AvgIpc) is 2.64. The average molecular weight is 422 g/mol. The van der Waals surface area contributed by atoms with E-state index in [0.29, 0.717) is 10.6 Å². The van der Waals surface area contributed by atoms with Crippen LogP contribution in [0.1, 0.15) is 0 Å². The lowest BCUT2D eigenvalue weighted by Crippen LogP contribution is -2.13. The standard InChI is InChI=1S/C17H12ClN3O4S2/c18-17-9-4-12(11-19-17)20-27(24,25)16-3-1-2-15(10-16)26-14-7-5-13(6-8-14)21(22)23/h1-11,20H. The number of nitro groups is 1. The molecule has 0 saturated carbocycles. The number of nitro benzene ring substituents is 1. The van der Waals surface area contributed by atoms with Gasteiger partial charge in [0.05, 0.1) is 21.7 Å². The lowest BCUT2D eigenvalue weighted by atomic mass is 10.3. The third kappa shape index (κ3) is 4.97. The summed E-state index contributed by atoms with van der Waals surface area (Å²) in [5, 5.41) is 11.0. The molecule has 0 atom stereocenters. The molecule has 27 heavy (non-hydrogen) atoms. The van der Waals surface area contributed by atoms with E-state index in [-0.39, 0.29) is 15.7 Å². The summed E-state index contributed by atoms with van der Waals surface area (Å²) in [6, 6.07) is 15.4. The predicted molar refractivity (Wildman–Crippen MR) is 104 cm³/mol. The number of nitrogens with zero attached hydrogens (tertiary/aromatic N) is 2. The van der Waals surface area contributed by atoms with Gasteiger partial charge in [-0.15, -0.1) is 0 Å². The van der Waals surface area contributed by atoms with Gasteiger partial charge in [0.25, 0.3) is 15.7 Å². The molecule has 1 heterocycles. The van der Waals surface area contributed by atoms with E-state index in [1.165, 1.54) is 54.4 Å². The molecule has 0 aliphatic heterocycles. The van der Waals surface area contributed by atoms with Crippen molar-refractivity contribution >= 4 is 44.8 Å². The van der Waals surface area contributed by atoms with E-state index in [0.717, 1.165) is 4.90 Å². The Morgan fingerprint density at radius 2 is 1.78 bits per heavy atom. The predicted octanol–water partition coefficient (Wildman–Crippen LogP) is 4.60. The summed E-state index contributed by atoms with van der Waals surface area (Å²) >= 11 is 7.00. The summed E-state index contributed by atoms with van der Waals surface area (Å²) in [6.07, 6.45) is 1.33. The van der Waals surface area contributed by atoms with Crippen molar-refractivity contribution in [1.82, 2.24) is 4.98 Å². The van der Waals surface area contributed by atoms with Crippen LogP contribution in [0.15, 0.2) is 81.5 Å². The molecule has 2 aromatic carbocycles. The Labute approximate surface area is 164 Å². The van der Waals surface area contributed by atoms with Crippen LogP contribution in [0.2, 0.25) is 5.15 Å². The molecule has 3 rings (SSSR count). The van der Waals surface area contributed by atoms with Crippen LogP contribution in [0, 0.1) is 10.1 Å². The van der Waals surface area contributed by atoms with Crippen molar-refractivity contribution in [1.29, 1.82) is 0 Å². The fraction of sp³-hybridized carbons (Fsp3) is 0. The highest BCUT2D eigenvalue weighted by Gasteiger charge is 2.15. The molecule has 10 heteroatoms. The summed E-state index contributed by atoms with van der Waals surface area (Å²) in [5.74, 6) is 0. The third-order valence-corrected chi connectivity index (χ3v) is 5.98. The Bertz CT molecular complexity index is 1070. The van der Waals surface area contributed by atoms with Gasteiger partial charge in [0.1, 0.15) is 5.15 Å². The molecule has 0 unspecified atom stereocenters. The van der Waals surface area contributed by atoms with Crippen molar-refractivity contribution in [3.63, 3.8) is 0 Å². The molecule has 0 aliphatic rings. The maximum absolute atomic E-state index is 12.6. The Balaban J connectivity index is 1.79. The second-order valence-corrected chi connectivity index (χ2v) is 8.52. The highest BCUT2D eigenvalue weighted by atomic mass is 35.5. The lowest BCUT2D eigenvalue weighted by Gasteiger charge is -2.09. The van der Waals surface area contributed by atoms with Crippen LogP contribution < -0.4 is 4.72 Å². The minimum absolute atomic E-state index is 0.00328. The Morgan fingerprint density at radius 3 is 2.41 bits per heavy atom. The number of sulfonamides is 1. The molecule has 7 nitrogen and oxygen atoms in total. The van der Waals surface area contributed by atoms with Gasteiger partial charge in [0.15, 0.2) is 0 Å². The van der Waals surface area contributed by atoms with Gasteiger partial charge in [-0.1, -0.05) is 29.4 Å². The van der Waals surface area contributed by atoms with Gasteiger partial charge < -0.3 is 0 Å². The van der Waals surface area contributed by atoms with Gasteiger partial charge in [-0.25, -0.2) is 13.4 Å². The first-order chi connectivity index (χ1) is 12.8. The minimum atomic E-state index is -3.79. The smallest absolute Gasteiger partial charge is 0.269 e. The minimum Gasteiger partial charge on any atom is -0.278 e. The van der Waals surface area contributed by atoms with E-state index in [1.807, 2.05) is 0 Å². The number of hydrogen-bond acceptors (Lipinski definition) is 6. The molecule has 0 amide bonds. The maximum Gasteiger partial charge on any atom is 0.269 e. The fourth-order valence-corrected chi connectivity index (χ4v) is 4.28. The molecule has 138 valence electrons. The Hall–Kier alpha value is -2.62. The summed E-state index contributed by atoms with van der Waals surface area (Å²) < 4.78 is 27.5. The van der Waals surface area contributed by atoms with Gasteiger partial charge in [-0.3, -0.25) is 14.8 Å². The molecule has 0 aliphatic carbocycles. The number of aromatic nitrogens is 1. The van der Waals surface area contributed by atoms with Crippen LogP contribution in [0.3, 0.4) is 0 Å². The second kappa shape index (κ2) is 7.95. The van der Waals surface area contributed by atoms with Crippen LogP contribution in [0.4, 0.5) is 11.4 Å². The fourth-order valence-electron chi connectivity index (χ4n) is 2.13. The first-order valence-corrected chi connectivity index (χ1v) is 10.2. The van der Waals surface area contributed by atoms with Crippen molar-refractivity contribution in [3.8, 4) is 0 Å². The number of non-ortho nitro benzene ring substituents is 1. The summed E-state index contributed by atoms with van der Waals surface area (Å²) in [5.41, 5.74) is 0.296. The van der Waals surface area contributed by atoms with E-state index in [1.54, 1.807) is 24.3 Å². The van der Waals surface area contributed by atoms with E-state index in [9.17, 15) is 18.5 Å². The number of hydrogen-bond donors (Lipinski definition) is 1. The van der Waals surface area contributed by atoms with E-state index in [2.05, 4.69) is 9.71 Å². The number of pyridine rings is 1. The van der Waals surface area contributed by atoms with Gasteiger partial charge in [0.2, 0.25) is 0 Å². The second-order valence-electron chi connectivity index (χ2n) is 5.30. The first-order valence-electron chi connectivity index (χ1n) is 7.50. The summed E-state index contributed by atoms with van der Waals surface area (Å²) in [7, 11) is -3.79. The number of halogens is 1. The van der Waals surface area contributed by atoms with Gasteiger partial charge in [-0.05, 0) is 42.5 Å². The summed E-state index contributed by atoms with van der Waals surface area (Å²) in [6.45, 7) is 0. The number of rotatable bonds is 6. The molecule has 0 spiro atoms. The monoisotopic (exact) mass is 421 g/mol. The van der Waals surface area contributed by atoms with Crippen molar-refractivity contribution in [2.75, 3.05) is 4.72 Å². The summed E-state index contributed by atoms with van der Waals surface area (Å²) in [4.78, 5) is 15.6. The molecule has 0 saturated heterocycles. The van der Waals surface area contributed by atoms with E-state index in [4.69, 9.17) is 11.6 Å². The molecule has 1 aromatic heterocycles. The maximum atomic E-state index is 12.6. The molecule has 1 N–H and O–H groups in total. The van der Waals surface area contributed by atoms with Crippen LogP contribution in [-0.4, -0.2) is 18.3 Å². The highest BCUT2D eigenvalue weighted by Crippen LogP contribution is 2.30. The van der Waals surface area contributed by atoms with Crippen LogP contribution in [-0.2, 0) is 10.0 Å². The zero-order chi connectivity index (χ0) is 19.4. The van der Waals surface area contributed by atoms with Crippen LogP contribution in [0.25, 0.3) is 0 Å². The molecular weight excluding hydrogens is 410 g/mol. The zero-order valence-electron chi connectivity index (χ0n) is 13.6. The SMILES string of the molecule is O=[N+]([O-])c1ccc(Sc2cccc(S(=O)(=O)Nc3ccc(Cl)nc3)c2)cc1. The number of anilines is 1. The molecule has 0 fully saturated rings. The normalized spacial score (nSPS) is 11.1. The van der Waals surface area contributed by atoms with Gasteiger partial charge >= 0.3 is 0 Å². The lowest BCUT2D eigenvalue weighted by molar-refractivity contribution is -0.384. The molecule has 3 aromatic rings. The van der Waals surface area contributed by atoms with Crippen LogP contribution >= 0.6 is 23.4 Å². The molecule has 0 bridgehead atoms. The van der Waals surface area contributed by atoms with Crippen LogP contribution in [0.5, 0.6) is 0 Å². The largest absolute Gasteiger partial charge is 0.278 e. The number of nitrogens with one attached hydrogen (secondary N) is 1.